The molecule has 6 rings (SSSR count). The van der Waals surface area contributed by atoms with Crippen molar-refractivity contribution in [2.24, 2.45) is 0 Å². The number of para-hydroxylation sites is 1. The van der Waals surface area contributed by atoms with E-state index in [9.17, 15) is 18.0 Å². The van der Waals surface area contributed by atoms with Gasteiger partial charge in [0.1, 0.15) is 17.2 Å². The van der Waals surface area contributed by atoms with Crippen LogP contribution in [-0.2, 0) is 0 Å². The Hall–Kier alpha value is -4.45. The van der Waals surface area contributed by atoms with E-state index in [1.165, 1.54) is 0 Å². The van der Waals surface area contributed by atoms with E-state index in [0.29, 0.717) is 60.1 Å². The number of hydrogen-bond donors (Lipinski definition) is 3. The average Bonchev–Trinajstić information content (AvgIpc) is 3.39. The predicted molar refractivity (Wildman–Crippen MR) is 153 cm³/mol. The number of alkyl halides is 3. The molecule has 2 aromatic carbocycles. The molecule has 1 aliphatic rings. The normalized spacial score (nSPS) is 15.5. The number of benzene rings is 2. The number of piperazine rings is 1. The smallest absolute Gasteiger partial charge is 0.374 e. The van der Waals surface area contributed by atoms with Crippen LogP contribution >= 0.6 is 0 Å². The van der Waals surface area contributed by atoms with E-state index in [1.54, 1.807) is 18.5 Å². The maximum Gasteiger partial charge on any atom is 0.390 e. The lowest BCUT2D eigenvalue weighted by atomic mass is 10.1. The summed E-state index contributed by atoms with van der Waals surface area (Å²) in [4.78, 5) is 37.2. The van der Waals surface area contributed by atoms with Crippen LogP contribution in [0.15, 0.2) is 65.7 Å². The second kappa shape index (κ2) is 10.8. The van der Waals surface area contributed by atoms with E-state index in [1.807, 2.05) is 54.3 Å². The van der Waals surface area contributed by atoms with Crippen molar-refractivity contribution in [2.75, 3.05) is 42.9 Å². The third-order valence-corrected chi connectivity index (χ3v) is 7.41. The van der Waals surface area contributed by atoms with Crippen LogP contribution in [0.2, 0.25) is 0 Å². The van der Waals surface area contributed by atoms with Crippen LogP contribution in [0.1, 0.15) is 25.2 Å². The van der Waals surface area contributed by atoms with Gasteiger partial charge >= 0.3 is 6.18 Å². The standard InChI is InChI=1S/C29H29F3N8O/c1-18(26-33-10-4-11-34-26)35-25-20-5-2-3-6-21(20)38-28(41)24(25)27-36-22-8-7-19(17-23(22)37-27)40-15-13-39(14-16-40)12-9-29(30,31)32/h2-8,10-11,17-18H,9,12-16H2,1H3,(H,36,37)(H2,35,38,41)/t18-/m0/s1. The van der Waals surface area contributed by atoms with E-state index in [2.05, 4.69) is 30.2 Å². The van der Waals surface area contributed by atoms with Gasteiger partial charge in [-0.1, -0.05) is 18.2 Å². The van der Waals surface area contributed by atoms with Gasteiger partial charge in [0.05, 0.1) is 34.7 Å². The number of pyridine rings is 1. The van der Waals surface area contributed by atoms with E-state index in [4.69, 9.17) is 4.98 Å². The summed E-state index contributed by atoms with van der Waals surface area (Å²) in [5.41, 5.74) is 3.81. The Kier molecular flexibility index (Phi) is 7.08. The molecule has 0 bridgehead atoms. The SMILES string of the molecule is C[C@H](Nc1c(-c2nc3ccc(N4CCN(CCC(F)(F)F)CC4)cc3[nH]2)c(=O)[nH]c2ccccc12)c1ncccn1. The molecule has 5 aromatic rings. The first-order valence-electron chi connectivity index (χ1n) is 13.5. The molecule has 1 atom stereocenters. The maximum atomic E-state index is 13.4. The van der Waals surface area contributed by atoms with Crippen molar-refractivity contribution in [1.29, 1.82) is 0 Å². The summed E-state index contributed by atoms with van der Waals surface area (Å²) >= 11 is 0. The molecule has 9 nitrogen and oxygen atoms in total. The van der Waals surface area contributed by atoms with Gasteiger partial charge in [0.25, 0.3) is 5.56 Å². The van der Waals surface area contributed by atoms with Crippen molar-refractivity contribution in [1.82, 2.24) is 29.8 Å². The van der Waals surface area contributed by atoms with Crippen LogP contribution in [0.4, 0.5) is 24.5 Å². The zero-order chi connectivity index (χ0) is 28.6. The molecule has 0 unspecified atom stereocenters. The number of nitrogens with one attached hydrogen (secondary N) is 3. The predicted octanol–water partition coefficient (Wildman–Crippen LogP) is 5.11. The lowest BCUT2D eigenvalue weighted by molar-refractivity contribution is -0.138. The number of H-pyrrole nitrogens is 2. The van der Waals surface area contributed by atoms with E-state index in [0.717, 1.165) is 16.6 Å². The number of halogens is 3. The fourth-order valence-electron chi connectivity index (χ4n) is 5.26. The maximum absolute atomic E-state index is 13.4. The second-order valence-electron chi connectivity index (χ2n) is 10.2. The Morgan fingerprint density at radius 3 is 2.49 bits per heavy atom. The van der Waals surface area contributed by atoms with Crippen LogP contribution in [0.3, 0.4) is 0 Å². The highest BCUT2D eigenvalue weighted by Crippen LogP contribution is 2.33. The zero-order valence-corrected chi connectivity index (χ0v) is 22.4. The summed E-state index contributed by atoms with van der Waals surface area (Å²) in [7, 11) is 0. The Morgan fingerprint density at radius 1 is 0.976 bits per heavy atom. The molecule has 0 aliphatic carbocycles. The molecule has 1 saturated heterocycles. The average molecular weight is 563 g/mol. The first kappa shape index (κ1) is 26.8. The fraction of sp³-hybridized carbons (Fsp3) is 0.310. The van der Waals surface area contributed by atoms with Gasteiger partial charge in [0, 0.05) is 56.2 Å². The molecule has 0 spiro atoms. The number of anilines is 2. The lowest BCUT2D eigenvalue weighted by Gasteiger charge is -2.36. The molecule has 41 heavy (non-hydrogen) atoms. The summed E-state index contributed by atoms with van der Waals surface area (Å²) in [6, 6.07) is 14.8. The van der Waals surface area contributed by atoms with Gasteiger partial charge in [-0.25, -0.2) is 15.0 Å². The largest absolute Gasteiger partial charge is 0.390 e. The second-order valence-corrected chi connectivity index (χ2v) is 10.2. The molecule has 4 heterocycles. The molecule has 12 heteroatoms. The molecule has 1 fully saturated rings. The van der Waals surface area contributed by atoms with Crippen LogP contribution in [0.25, 0.3) is 33.3 Å². The quantitative estimate of drug-likeness (QED) is 0.253. The molecular weight excluding hydrogens is 533 g/mol. The number of aromatic amines is 2. The van der Waals surface area contributed by atoms with Gasteiger partial charge in [0.15, 0.2) is 0 Å². The molecule has 212 valence electrons. The minimum Gasteiger partial charge on any atom is -0.374 e. The van der Waals surface area contributed by atoms with Gasteiger partial charge in [-0.05, 0) is 37.3 Å². The summed E-state index contributed by atoms with van der Waals surface area (Å²) < 4.78 is 37.8. The fourth-order valence-corrected chi connectivity index (χ4v) is 5.26. The lowest BCUT2D eigenvalue weighted by Crippen LogP contribution is -2.47. The number of nitrogens with zero attached hydrogens (tertiary/aromatic N) is 5. The van der Waals surface area contributed by atoms with Gasteiger partial charge in [-0.15, -0.1) is 0 Å². The van der Waals surface area contributed by atoms with Crippen molar-refractivity contribution in [3.63, 3.8) is 0 Å². The zero-order valence-electron chi connectivity index (χ0n) is 22.4. The van der Waals surface area contributed by atoms with E-state index < -0.39 is 12.6 Å². The van der Waals surface area contributed by atoms with Crippen molar-refractivity contribution in [2.45, 2.75) is 25.6 Å². The number of hydrogen-bond acceptors (Lipinski definition) is 7. The van der Waals surface area contributed by atoms with Crippen molar-refractivity contribution in [3.8, 4) is 11.4 Å². The van der Waals surface area contributed by atoms with Crippen LogP contribution in [0.5, 0.6) is 0 Å². The Balaban J connectivity index is 1.31. The van der Waals surface area contributed by atoms with Gasteiger partial charge < -0.3 is 20.2 Å². The minimum absolute atomic E-state index is 0.0198. The summed E-state index contributed by atoms with van der Waals surface area (Å²) in [5.74, 6) is 1.01. The summed E-state index contributed by atoms with van der Waals surface area (Å²) in [6.07, 6.45) is -1.58. The third kappa shape index (κ3) is 5.73. The highest BCUT2D eigenvalue weighted by atomic mass is 19.4. The first-order valence-corrected chi connectivity index (χ1v) is 13.5. The van der Waals surface area contributed by atoms with Crippen molar-refractivity contribution in [3.05, 3.63) is 77.1 Å². The highest BCUT2D eigenvalue weighted by molar-refractivity contribution is 5.99. The molecule has 3 aromatic heterocycles. The molecule has 0 saturated carbocycles. The number of imidazole rings is 1. The Bertz CT molecular complexity index is 1730. The molecular formula is C29H29F3N8O. The topological polar surface area (TPSA) is 106 Å². The van der Waals surface area contributed by atoms with Crippen LogP contribution in [-0.4, -0.2) is 68.7 Å². The highest BCUT2D eigenvalue weighted by Gasteiger charge is 2.29. The van der Waals surface area contributed by atoms with E-state index in [-0.39, 0.29) is 18.1 Å². The number of rotatable bonds is 7. The molecule has 3 N–H and O–H groups in total. The first-order chi connectivity index (χ1) is 19.7. The molecule has 1 aliphatic heterocycles. The van der Waals surface area contributed by atoms with Crippen LogP contribution in [0, 0.1) is 0 Å². The van der Waals surface area contributed by atoms with Gasteiger partial charge in [0.2, 0.25) is 0 Å². The van der Waals surface area contributed by atoms with Gasteiger partial charge in [-0.3, -0.25) is 9.69 Å². The Morgan fingerprint density at radius 2 is 1.73 bits per heavy atom. The van der Waals surface area contributed by atoms with E-state index >= 15 is 0 Å². The molecule has 0 amide bonds. The van der Waals surface area contributed by atoms with Crippen molar-refractivity contribution >= 4 is 33.3 Å². The van der Waals surface area contributed by atoms with Crippen LogP contribution < -0.4 is 15.8 Å². The minimum atomic E-state index is -4.14. The Labute approximate surface area is 233 Å². The van der Waals surface area contributed by atoms with Crippen molar-refractivity contribution < 1.29 is 13.2 Å². The number of aromatic nitrogens is 5. The number of fused-ring (bicyclic) bond motifs is 2. The summed E-state index contributed by atoms with van der Waals surface area (Å²) in [6.45, 7) is 4.33. The monoisotopic (exact) mass is 562 g/mol. The summed E-state index contributed by atoms with van der Waals surface area (Å²) in [5, 5.41) is 4.28. The third-order valence-electron chi connectivity index (χ3n) is 7.41. The molecule has 0 radical (unpaired) electrons. The van der Waals surface area contributed by atoms with Gasteiger partial charge in [-0.2, -0.15) is 13.2 Å².